The molecule has 7 nitrogen and oxygen atoms in total. The number of hydrogen-bond donors (Lipinski definition) is 3. The third-order valence-corrected chi connectivity index (χ3v) is 1.80. The van der Waals surface area contributed by atoms with Crippen molar-refractivity contribution in [2.75, 3.05) is 11.9 Å². The fourth-order valence-corrected chi connectivity index (χ4v) is 1.19. The van der Waals surface area contributed by atoms with Crippen LogP contribution < -0.4 is 10.9 Å². The minimum atomic E-state index is -1.30. The number of rotatable bonds is 5. The molecule has 0 aliphatic carbocycles. The first kappa shape index (κ1) is 13.8. The molecule has 98 valence electrons. The maximum atomic E-state index is 11.6. The summed E-state index contributed by atoms with van der Waals surface area (Å²) in [6.45, 7) is 5.19. The molecule has 0 bridgehead atoms. The number of nitrogens with zero attached hydrogens (tertiary/aromatic N) is 1. The van der Waals surface area contributed by atoms with E-state index < -0.39 is 17.6 Å². The molecule has 0 aliphatic heterocycles. The zero-order chi connectivity index (χ0) is 13.1. The first-order valence-electron chi connectivity index (χ1n) is 5.25. The van der Waals surface area contributed by atoms with Gasteiger partial charge in [0.05, 0.1) is 18.8 Å². The maximum absolute atomic E-state index is 11.6. The van der Waals surface area contributed by atoms with Crippen molar-refractivity contribution in [3.8, 4) is 0 Å². The molecule has 0 amide bonds. The van der Waals surface area contributed by atoms with Gasteiger partial charge in [0.15, 0.2) is 0 Å². The van der Waals surface area contributed by atoms with E-state index in [1.807, 2.05) is 0 Å². The van der Waals surface area contributed by atoms with Gasteiger partial charge in [0.1, 0.15) is 12.0 Å². The van der Waals surface area contributed by atoms with Gasteiger partial charge < -0.3 is 24.8 Å². The Hall–Kier alpha value is -1.31. The van der Waals surface area contributed by atoms with Crippen molar-refractivity contribution in [1.82, 2.24) is 4.74 Å². The zero-order valence-electron chi connectivity index (χ0n) is 10.1. The van der Waals surface area contributed by atoms with E-state index in [1.165, 1.54) is 0 Å². The van der Waals surface area contributed by atoms with Crippen molar-refractivity contribution >= 4 is 5.69 Å². The van der Waals surface area contributed by atoms with E-state index in [4.69, 9.17) is 14.4 Å². The Labute approximate surface area is 98.6 Å². The maximum Gasteiger partial charge on any atom is 0.306 e. The zero-order valence-corrected chi connectivity index (χ0v) is 10.1. The molecule has 7 heteroatoms. The van der Waals surface area contributed by atoms with Crippen LogP contribution >= 0.6 is 0 Å². The number of ether oxygens (including phenoxy) is 1. The lowest BCUT2D eigenvalue weighted by molar-refractivity contribution is -0.148. The molecule has 1 rings (SSSR count). The van der Waals surface area contributed by atoms with Crippen LogP contribution in [0.25, 0.3) is 0 Å². The summed E-state index contributed by atoms with van der Waals surface area (Å²) in [5.41, 5.74) is -0.925. The number of anilines is 1. The van der Waals surface area contributed by atoms with Crippen LogP contribution in [0, 0.1) is 0 Å². The van der Waals surface area contributed by atoms with Crippen molar-refractivity contribution in [3.05, 3.63) is 16.6 Å². The Morgan fingerprint density at radius 2 is 2.24 bits per heavy atom. The molecule has 1 aromatic heterocycles. The van der Waals surface area contributed by atoms with E-state index in [1.54, 1.807) is 20.8 Å². The van der Waals surface area contributed by atoms with E-state index in [0.29, 0.717) is 0 Å². The van der Waals surface area contributed by atoms with E-state index in [-0.39, 0.29) is 18.8 Å². The van der Waals surface area contributed by atoms with Crippen LogP contribution in [0.4, 0.5) is 5.69 Å². The molecule has 0 fully saturated rings. The Kier molecular flexibility index (Phi) is 4.33. The number of aliphatic hydroxyl groups is 2. The predicted molar refractivity (Wildman–Crippen MR) is 60.5 cm³/mol. The van der Waals surface area contributed by atoms with Crippen LogP contribution in [0.1, 0.15) is 20.8 Å². The minimum Gasteiger partial charge on any atom is -0.394 e. The summed E-state index contributed by atoms with van der Waals surface area (Å²) < 4.78 is 11.0. The summed E-state index contributed by atoms with van der Waals surface area (Å²) in [5, 5.41) is 20.7. The van der Waals surface area contributed by atoms with E-state index in [2.05, 4.69) is 5.32 Å². The molecule has 17 heavy (non-hydrogen) atoms. The fourth-order valence-electron chi connectivity index (χ4n) is 1.19. The Balaban J connectivity index is 2.66. The smallest absolute Gasteiger partial charge is 0.306 e. The van der Waals surface area contributed by atoms with Crippen LogP contribution in [-0.2, 0) is 11.3 Å². The van der Waals surface area contributed by atoms with Gasteiger partial charge in [-0.25, -0.2) is 0 Å². The summed E-state index contributed by atoms with van der Waals surface area (Å²) in [7, 11) is 0. The molecule has 0 radical (unpaired) electrons. The molecule has 3 N–H and O–H groups in total. The fraction of sp³-hybridized carbons (Fsp3) is 0.700. The first-order valence-corrected chi connectivity index (χ1v) is 5.25. The molecular formula is C10H18N2O5. The number of nitrogens with one attached hydrogen (secondary N) is 1. The van der Waals surface area contributed by atoms with Crippen LogP contribution in [0.3, 0.4) is 0 Å². The largest absolute Gasteiger partial charge is 0.394 e. The van der Waals surface area contributed by atoms with Crippen LogP contribution in [0.15, 0.2) is 15.6 Å². The summed E-state index contributed by atoms with van der Waals surface area (Å²) in [6, 6.07) is 0. The lowest BCUT2D eigenvalue weighted by Gasteiger charge is -2.23. The highest BCUT2D eigenvalue weighted by atomic mass is 16.6. The molecule has 0 saturated carbocycles. The predicted octanol–water partition coefficient (Wildman–Crippen LogP) is -0.0635. The third-order valence-electron chi connectivity index (χ3n) is 1.80. The van der Waals surface area contributed by atoms with Gasteiger partial charge in [-0.2, -0.15) is 4.74 Å². The monoisotopic (exact) mass is 246 g/mol. The lowest BCUT2D eigenvalue weighted by atomic mass is 10.2. The summed E-state index contributed by atoms with van der Waals surface area (Å²) in [5.74, 6) is 0. The van der Waals surface area contributed by atoms with Crippen molar-refractivity contribution in [3.63, 3.8) is 0 Å². The lowest BCUT2D eigenvalue weighted by Crippen LogP contribution is -2.34. The van der Waals surface area contributed by atoms with Gasteiger partial charge in [0, 0.05) is 0 Å². The topological polar surface area (TPSA) is 96.9 Å². The highest BCUT2D eigenvalue weighted by Gasteiger charge is 2.18. The van der Waals surface area contributed by atoms with Gasteiger partial charge in [0.25, 0.3) is 0 Å². The van der Waals surface area contributed by atoms with Gasteiger partial charge in [-0.15, -0.1) is 0 Å². The van der Waals surface area contributed by atoms with E-state index in [9.17, 15) is 9.90 Å². The van der Waals surface area contributed by atoms with Crippen molar-refractivity contribution in [1.29, 1.82) is 0 Å². The molecule has 0 saturated heterocycles. The quantitative estimate of drug-likeness (QED) is 0.630. The third kappa shape index (κ3) is 4.22. The van der Waals surface area contributed by atoms with Gasteiger partial charge >= 0.3 is 5.56 Å². The SMILES string of the molecule is CC(C)(C)OC(O)Nc1con(CCO)c1=O. The highest BCUT2D eigenvalue weighted by molar-refractivity contribution is 5.36. The van der Waals surface area contributed by atoms with Crippen molar-refractivity contribution < 1.29 is 19.5 Å². The minimum absolute atomic E-state index is 0.0662. The number of aliphatic hydroxyl groups excluding tert-OH is 2. The molecular weight excluding hydrogens is 228 g/mol. The normalized spacial score (nSPS) is 13.7. The second-order valence-electron chi connectivity index (χ2n) is 4.49. The Bertz CT molecular complexity index is 404. The number of hydrogen-bond acceptors (Lipinski definition) is 6. The number of aromatic nitrogens is 1. The molecule has 0 aromatic carbocycles. The molecule has 1 heterocycles. The Morgan fingerprint density at radius 1 is 1.59 bits per heavy atom. The summed E-state index contributed by atoms with van der Waals surface area (Å²) >= 11 is 0. The van der Waals surface area contributed by atoms with E-state index in [0.717, 1.165) is 11.0 Å². The van der Waals surface area contributed by atoms with Crippen LogP contribution in [0.2, 0.25) is 0 Å². The van der Waals surface area contributed by atoms with Gasteiger partial charge in [0.2, 0.25) is 6.41 Å². The van der Waals surface area contributed by atoms with Gasteiger partial charge in [-0.1, -0.05) is 0 Å². The standard InChI is InChI=1S/C10H18N2O5/c1-10(2,3)17-9(15)11-7-6-16-12(4-5-13)8(7)14/h6,9,11,13,15H,4-5H2,1-3H3. The summed E-state index contributed by atoms with van der Waals surface area (Å²) in [6.07, 6.45) is -0.143. The molecule has 1 atom stereocenters. The highest BCUT2D eigenvalue weighted by Crippen LogP contribution is 2.11. The van der Waals surface area contributed by atoms with Crippen LogP contribution in [0.5, 0.6) is 0 Å². The molecule has 1 aromatic rings. The second-order valence-corrected chi connectivity index (χ2v) is 4.49. The molecule has 0 aliphatic rings. The summed E-state index contributed by atoms with van der Waals surface area (Å²) in [4.78, 5) is 11.6. The average molecular weight is 246 g/mol. The molecule has 0 spiro atoms. The van der Waals surface area contributed by atoms with E-state index >= 15 is 0 Å². The van der Waals surface area contributed by atoms with Gasteiger partial charge in [-0.05, 0) is 20.8 Å². The Morgan fingerprint density at radius 3 is 2.76 bits per heavy atom. The average Bonchev–Trinajstić information content (AvgIpc) is 2.47. The first-order chi connectivity index (χ1) is 7.83. The van der Waals surface area contributed by atoms with Crippen molar-refractivity contribution in [2.24, 2.45) is 0 Å². The second kappa shape index (κ2) is 5.35. The van der Waals surface area contributed by atoms with Crippen LogP contribution in [-0.4, -0.2) is 33.6 Å². The molecule has 1 unspecified atom stereocenters. The van der Waals surface area contributed by atoms with Crippen molar-refractivity contribution in [2.45, 2.75) is 39.3 Å². The van der Waals surface area contributed by atoms with Gasteiger partial charge in [-0.3, -0.25) is 4.79 Å².